The molecule has 6 nitrogen and oxygen atoms in total. The van der Waals surface area contributed by atoms with Crippen LogP contribution in [-0.2, 0) is 0 Å². The van der Waals surface area contributed by atoms with Crippen LogP contribution in [0.15, 0.2) is 134 Å². The fourth-order valence-corrected chi connectivity index (χ4v) is 5.44. The number of imidazole rings is 3. The molecule has 184 valence electrons. The van der Waals surface area contributed by atoms with Gasteiger partial charge in [0.25, 0.3) is 0 Å². The topological polar surface area (TPSA) is 53.5 Å². The Morgan fingerprint density at radius 2 is 0.846 bits per heavy atom. The third-order valence-corrected chi connectivity index (χ3v) is 7.29. The molecule has 0 aliphatic heterocycles. The van der Waals surface area contributed by atoms with E-state index in [9.17, 15) is 0 Å². The predicted molar refractivity (Wildman–Crippen MR) is 156 cm³/mol. The monoisotopic (exact) mass is 502 g/mol. The van der Waals surface area contributed by atoms with Crippen molar-refractivity contribution in [3.05, 3.63) is 134 Å². The molecule has 0 aliphatic carbocycles. The van der Waals surface area contributed by atoms with Crippen molar-refractivity contribution in [1.29, 1.82) is 0 Å². The van der Waals surface area contributed by atoms with Crippen molar-refractivity contribution in [2.75, 3.05) is 0 Å². The number of benzene rings is 5. The molecule has 5 aromatic carbocycles. The molecular weight excluding hydrogens is 480 g/mol. The van der Waals surface area contributed by atoms with E-state index in [1.165, 1.54) is 0 Å². The van der Waals surface area contributed by atoms with E-state index in [1.807, 2.05) is 67.5 Å². The van der Waals surface area contributed by atoms with E-state index in [2.05, 4.69) is 95.4 Å². The zero-order valence-electron chi connectivity index (χ0n) is 20.9. The molecule has 0 atom stereocenters. The predicted octanol–water partition coefficient (Wildman–Crippen LogP) is 7.37. The summed E-state index contributed by atoms with van der Waals surface area (Å²) in [5.41, 5.74) is 11.4. The van der Waals surface area contributed by atoms with Gasteiger partial charge in [-0.25, -0.2) is 15.0 Å². The summed E-state index contributed by atoms with van der Waals surface area (Å²) in [6.45, 7) is 0. The number of para-hydroxylation sites is 7. The average molecular weight is 503 g/mol. The molecule has 8 rings (SSSR count). The minimum atomic E-state index is 0.961. The van der Waals surface area contributed by atoms with Crippen molar-refractivity contribution in [3.8, 4) is 28.2 Å². The Morgan fingerprint density at radius 3 is 1.41 bits per heavy atom. The summed E-state index contributed by atoms with van der Waals surface area (Å²) in [5, 5.41) is 0. The molecule has 0 N–H and O–H groups in total. The standard InChI is InChI=1S/C33H22N6/c1-5-13-30(39-22-36-29-12-4-8-16-33(29)39)26(9-1)23-17-24(37-20-34-27-10-2-6-14-31(27)37)19-25(18-23)38-21-35-28-11-3-7-15-32(28)38/h1-22H. The van der Waals surface area contributed by atoms with Crippen LogP contribution >= 0.6 is 0 Å². The van der Waals surface area contributed by atoms with Crippen molar-refractivity contribution in [2.24, 2.45) is 0 Å². The molecule has 6 heteroatoms. The van der Waals surface area contributed by atoms with Gasteiger partial charge in [-0.2, -0.15) is 0 Å². The molecule has 0 saturated heterocycles. The largest absolute Gasteiger partial charge is 0.299 e. The first-order chi connectivity index (χ1) is 19.3. The fraction of sp³-hybridized carbons (Fsp3) is 0. The Kier molecular flexibility index (Phi) is 4.72. The lowest BCUT2D eigenvalue weighted by atomic mass is 10.0. The average Bonchev–Trinajstić information content (AvgIpc) is 3.74. The molecule has 0 unspecified atom stereocenters. The van der Waals surface area contributed by atoms with E-state index in [0.717, 1.165) is 61.3 Å². The first-order valence-electron chi connectivity index (χ1n) is 12.9. The maximum atomic E-state index is 4.66. The van der Waals surface area contributed by atoms with Crippen LogP contribution in [0.2, 0.25) is 0 Å². The normalized spacial score (nSPS) is 11.6. The first-order valence-corrected chi connectivity index (χ1v) is 12.9. The lowest BCUT2D eigenvalue weighted by Crippen LogP contribution is -2.00. The van der Waals surface area contributed by atoms with Crippen LogP contribution in [0.3, 0.4) is 0 Å². The first kappa shape index (κ1) is 21.6. The van der Waals surface area contributed by atoms with Crippen molar-refractivity contribution in [2.45, 2.75) is 0 Å². The number of fused-ring (bicyclic) bond motifs is 3. The van der Waals surface area contributed by atoms with E-state index in [4.69, 9.17) is 0 Å². The van der Waals surface area contributed by atoms with E-state index < -0.39 is 0 Å². The third-order valence-electron chi connectivity index (χ3n) is 7.29. The lowest BCUT2D eigenvalue weighted by molar-refractivity contribution is 1.05. The van der Waals surface area contributed by atoms with Gasteiger partial charge in [-0.1, -0.05) is 54.6 Å². The zero-order chi connectivity index (χ0) is 25.8. The molecule has 39 heavy (non-hydrogen) atoms. The van der Waals surface area contributed by atoms with Gasteiger partial charge in [0.2, 0.25) is 0 Å². The smallest absolute Gasteiger partial charge is 0.100 e. The summed E-state index contributed by atoms with van der Waals surface area (Å²) in [4.78, 5) is 14.0. The maximum absolute atomic E-state index is 4.66. The number of hydrogen-bond acceptors (Lipinski definition) is 3. The Bertz CT molecular complexity index is 2050. The Hall–Kier alpha value is -5.49. The highest BCUT2D eigenvalue weighted by Crippen LogP contribution is 2.34. The van der Waals surface area contributed by atoms with Gasteiger partial charge in [-0.15, -0.1) is 0 Å². The Morgan fingerprint density at radius 1 is 0.410 bits per heavy atom. The molecule has 8 aromatic rings. The zero-order valence-corrected chi connectivity index (χ0v) is 20.9. The second-order valence-electron chi connectivity index (χ2n) is 9.57. The van der Waals surface area contributed by atoms with Gasteiger partial charge in [0.05, 0.1) is 38.8 Å². The van der Waals surface area contributed by atoms with Gasteiger partial charge < -0.3 is 0 Å². The van der Waals surface area contributed by atoms with E-state index in [0.29, 0.717) is 0 Å². The Labute approximate surface area is 224 Å². The van der Waals surface area contributed by atoms with Crippen LogP contribution in [-0.4, -0.2) is 28.7 Å². The summed E-state index contributed by atoms with van der Waals surface area (Å²) in [7, 11) is 0. The van der Waals surface area contributed by atoms with Crippen molar-refractivity contribution < 1.29 is 0 Å². The highest BCUT2D eigenvalue weighted by atomic mass is 15.1. The van der Waals surface area contributed by atoms with Gasteiger partial charge in [-0.05, 0) is 66.2 Å². The molecular formula is C33H22N6. The highest BCUT2D eigenvalue weighted by molar-refractivity contribution is 5.85. The summed E-state index contributed by atoms with van der Waals surface area (Å²) < 4.78 is 6.46. The molecule has 0 aliphatic rings. The molecule has 0 radical (unpaired) electrons. The van der Waals surface area contributed by atoms with Crippen molar-refractivity contribution in [3.63, 3.8) is 0 Å². The summed E-state index contributed by atoms with van der Waals surface area (Å²) >= 11 is 0. The van der Waals surface area contributed by atoms with E-state index in [1.54, 1.807) is 0 Å². The summed E-state index contributed by atoms with van der Waals surface area (Å²) in [6, 6.07) is 39.8. The molecule has 0 fully saturated rings. The molecule has 0 saturated carbocycles. The van der Waals surface area contributed by atoms with Crippen molar-refractivity contribution >= 4 is 33.1 Å². The quantitative estimate of drug-likeness (QED) is 0.252. The fourth-order valence-electron chi connectivity index (χ4n) is 5.44. The third kappa shape index (κ3) is 3.46. The summed E-state index contributed by atoms with van der Waals surface area (Å²) in [5.74, 6) is 0. The second-order valence-corrected chi connectivity index (χ2v) is 9.57. The van der Waals surface area contributed by atoms with Crippen LogP contribution in [0.5, 0.6) is 0 Å². The lowest BCUT2D eigenvalue weighted by Gasteiger charge is -2.16. The minimum Gasteiger partial charge on any atom is -0.299 e. The van der Waals surface area contributed by atoms with Gasteiger partial charge in [0, 0.05) is 16.9 Å². The van der Waals surface area contributed by atoms with Crippen LogP contribution < -0.4 is 0 Å². The number of aromatic nitrogens is 6. The minimum absolute atomic E-state index is 0.961. The Balaban J connectivity index is 1.40. The van der Waals surface area contributed by atoms with Gasteiger partial charge in [-0.3, -0.25) is 13.7 Å². The molecule has 0 bridgehead atoms. The van der Waals surface area contributed by atoms with Crippen LogP contribution in [0, 0.1) is 0 Å². The number of nitrogens with zero attached hydrogens (tertiary/aromatic N) is 6. The number of hydrogen-bond donors (Lipinski definition) is 0. The van der Waals surface area contributed by atoms with Gasteiger partial charge in [0.15, 0.2) is 0 Å². The van der Waals surface area contributed by atoms with E-state index >= 15 is 0 Å². The second kappa shape index (κ2) is 8.53. The maximum Gasteiger partial charge on any atom is 0.100 e. The molecule has 0 amide bonds. The summed E-state index contributed by atoms with van der Waals surface area (Å²) in [6.07, 6.45) is 5.70. The van der Waals surface area contributed by atoms with Crippen LogP contribution in [0.1, 0.15) is 0 Å². The van der Waals surface area contributed by atoms with Crippen LogP contribution in [0.4, 0.5) is 0 Å². The number of rotatable bonds is 4. The molecule has 3 aromatic heterocycles. The highest BCUT2D eigenvalue weighted by Gasteiger charge is 2.15. The van der Waals surface area contributed by atoms with Gasteiger partial charge in [0.1, 0.15) is 19.0 Å². The van der Waals surface area contributed by atoms with Crippen molar-refractivity contribution in [1.82, 2.24) is 28.7 Å². The van der Waals surface area contributed by atoms with Gasteiger partial charge >= 0.3 is 0 Å². The van der Waals surface area contributed by atoms with E-state index in [-0.39, 0.29) is 0 Å². The molecule has 3 heterocycles. The molecule has 0 spiro atoms. The van der Waals surface area contributed by atoms with Crippen LogP contribution in [0.25, 0.3) is 61.3 Å². The SMILES string of the molecule is c1ccc(-n2cnc3ccccc32)c(-c2cc(-n3cnc4ccccc43)cc(-n3cnc4ccccc43)c2)c1.